The Labute approximate surface area is 124 Å². The van der Waals surface area contributed by atoms with Gasteiger partial charge in [-0.15, -0.1) is 0 Å². The number of fused-ring (bicyclic) bond motifs is 1. The van der Waals surface area contributed by atoms with Crippen LogP contribution in [0, 0.1) is 0 Å². The van der Waals surface area contributed by atoms with Gasteiger partial charge in [0.25, 0.3) is 5.56 Å². The second-order valence-corrected chi connectivity index (χ2v) is 4.62. The minimum Gasteiger partial charge on any atom is -0.304 e. The second kappa shape index (κ2) is 4.86. The number of rotatable bonds is 2. The van der Waals surface area contributed by atoms with E-state index in [0.717, 1.165) is 10.9 Å². The van der Waals surface area contributed by atoms with Crippen LogP contribution >= 0.6 is 0 Å². The second-order valence-electron chi connectivity index (χ2n) is 4.62. The van der Waals surface area contributed by atoms with Gasteiger partial charge in [-0.3, -0.25) is 4.79 Å². The lowest BCUT2D eigenvalue weighted by atomic mass is 10.3. The van der Waals surface area contributed by atoms with Crippen molar-refractivity contribution in [3.63, 3.8) is 0 Å². The summed E-state index contributed by atoms with van der Waals surface area (Å²) in [5.74, 6) is -7.06. The van der Waals surface area contributed by atoms with E-state index in [9.17, 15) is 26.7 Å². The fourth-order valence-corrected chi connectivity index (χ4v) is 1.96. The van der Waals surface area contributed by atoms with Crippen molar-refractivity contribution in [1.82, 2.24) is 19.7 Å². The Morgan fingerprint density at radius 2 is 1.70 bits per heavy atom. The van der Waals surface area contributed by atoms with Crippen molar-refractivity contribution in [3.8, 4) is 5.69 Å². The average Bonchev–Trinajstić information content (AvgIpc) is 2.91. The van der Waals surface area contributed by atoms with Crippen LogP contribution in [-0.4, -0.2) is 25.9 Å². The van der Waals surface area contributed by atoms with E-state index in [2.05, 4.69) is 10.1 Å². The van der Waals surface area contributed by atoms with E-state index in [1.807, 2.05) is 0 Å². The van der Waals surface area contributed by atoms with E-state index < -0.39 is 23.5 Å². The Morgan fingerprint density at radius 3 is 2.30 bits per heavy atom. The van der Waals surface area contributed by atoms with Gasteiger partial charge in [-0.05, 0) is 12.1 Å². The fourth-order valence-electron chi connectivity index (χ4n) is 1.96. The zero-order valence-corrected chi connectivity index (χ0v) is 11.1. The molecule has 1 aromatic carbocycles. The number of aromatic nitrogens is 4. The summed E-state index contributed by atoms with van der Waals surface area (Å²) in [6.45, 7) is 0. The molecule has 120 valence electrons. The Balaban J connectivity index is 2.28. The van der Waals surface area contributed by atoms with Crippen molar-refractivity contribution >= 4 is 11.0 Å². The molecule has 0 saturated carbocycles. The first-order valence-corrected chi connectivity index (χ1v) is 6.20. The monoisotopic (exact) mass is 330 g/mol. The van der Waals surface area contributed by atoms with Crippen molar-refractivity contribution in [2.24, 2.45) is 0 Å². The van der Waals surface area contributed by atoms with Crippen molar-refractivity contribution in [2.75, 3.05) is 0 Å². The molecule has 3 rings (SSSR count). The number of nitrogens with one attached hydrogen (secondary N) is 1. The van der Waals surface area contributed by atoms with Crippen molar-refractivity contribution in [2.45, 2.75) is 12.1 Å². The number of benzene rings is 1. The lowest BCUT2D eigenvalue weighted by Gasteiger charge is -2.18. The van der Waals surface area contributed by atoms with Crippen molar-refractivity contribution in [1.29, 1.82) is 0 Å². The van der Waals surface area contributed by atoms with E-state index in [0.29, 0.717) is 5.69 Å². The van der Waals surface area contributed by atoms with Gasteiger partial charge in [-0.2, -0.15) is 27.1 Å². The number of nitrogens with zero attached hydrogens (tertiary/aromatic N) is 3. The molecule has 0 spiro atoms. The molecule has 0 radical (unpaired) electrons. The summed E-state index contributed by atoms with van der Waals surface area (Å²) >= 11 is 0. The summed E-state index contributed by atoms with van der Waals surface area (Å²) in [5, 5.41) is 3.62. The molecule has 5 nitrogen and oxygen atoms in total. The molecule has 23 heavy (non-hydrogen) atoms. The van der Waals surface area contributed by atoms with E-state index >= 15 is 0 Å². The highest BCUT2D eigenvalue weighted by atomic mass is 19.4. The van der Waals surface area contributed by atoms with Crippen LogP contribution in [0.3, 0.4) is 0 Å². The predicted octanol–water partition coefficient (Wildman–Crippen LogP) is 2.76. The minimum absolute atomic E-state index is 0.199. The lowest BCUT2D eigenvalue weighted by molar-refractivity contribution is -0.292. The number of H-pyrrole nitrogens is 1. The number of aromatic amines is 1. The summed E-state index contributed by atoms with van der Waals surface area (Å²) in [5.41, 5.74) is -1.16. The van der Waals surface area contributed by atoms with Crippen LogP contribution < -0.4 is 5.56 Å². The first-order chi connectivity index (χ1) is 10.7. The molecule has 2 heterocycles. The Hall–Kier alpha value is -2.78. The van der Waals surface area contributed by atoms with Crippen LogP contribution in [0.4, 0.5) is 22.0 Å². The molecule has 1 N–H and O–H groups in total. The van der Waals surface area contributed by atoms with Crippen LogP contribution in [0.1, 0.15) is 5.82 Å². The van der Waals surface area contributed by atoms with Gasteiger partial charge in [0.15, 0.2) is 11.5 Å². The molecule has 0 fully saturated rings. The summed E-state index contributed by atoms with van der Waals surface area (Å²) in [6.07, 6.45) is -4.84. The molecule has 0 aliphatic carbocycles. The maximum absolute atomic E-state index is 13.4. The lowest BCUT2D eigenvalue weighted by Crippen LogP contribution is -2.37. The predicted molar refractivity (Wildman–Crippen MR) is 69.4 cm³/mol. The molecular formula is C13H7F5N4O. The van der Waals surface area contributed by atoms with Crippen LogP contribution in [0.25, 0.3) is 16.7 Å². The summed E-state index contributed by atoms with van der Waals surface area (Å²) in [6, 6.07) is 7.98. The molecule has 0 saturated heterocycles. The van der Waals surface area contributed by atoms with Crippen LogP contribution in [-0.2, 0) is 5.92 Å². The zero-order chi connectivity index (χ0) is 16.8. The number of hydrogen-bond donors (Lipinski definition) is 1. The standard InChI is InChI=1S/C13H7F5N4O/c14-12(15,13(16,17)18)11-20-9-8(10(23)21-11)6-19-22(9)7-4-2-1-3-5-7/h1-6H,(H,20,21,23). The molecular weight excluding hydrogens is 323 g/mol. The molecule has 0 bridgehead atoms. The highest BCUT2D eigenvalue weighted by molar-refractivity contribution is 5.75. The van der Waals surface area contributed by atoms with Gasteiger partial charge in [0.05, 0.1) is 11.9 Å². The zero-order valence-electron chi connectivity index (χ0n) is 11.1. The first kappa shape index (κ1) is 15.1. The quantitative estimate of drug-likeness (QED) is 0.735. The van der Waals surface area contributed by atoms with E-state index in [1.54, 1.807) is 18.2 Å². The van der Waals surface area contributed by atoms with Gasteiger partial charge >= 0.3 is 12.1 Å². The van der Waals surface area contributed by atoms with Gasteiger partial charge in [0.1, 0.15) is 5.39 Å². The minimum atomic E-state index is -5.88. The maximum Gasteiger partial charge on any atom is 0.461 e. The Bertz CT molecular complexity index is 913. The highest BCUT2D eigenvalue weighted by Crippen LogP contribution is 2.42. The van der Waals surface area contributed by atoms with Gasteiger partial charge in [0.2, 0.25) is 0 Å². The molecule has 0 aliphatic rings. The SMILES string of the molecule is O=c1[nH]c(C(F)(F)C(F)(F)F)nc2c1cnn2-c1ccccc1. The molecule has 0 unspecified atom stereocenters. The smallest absolute Gasteiger partial charge is 0.304 e. The average molecular weight is 330 g/mol. The summed E-state index contributed by atoms with van der Waals surface area (Å²) < 4.78 is 65.3. The number of halogens is 5. The van der Waals surface area contributed by atoms with Gasteiger partial charge in [0, 0.05) is 0 Å². The third-order valence-electron chi connectivity index (χ3n) is 3.09. The molecule has 0 amide bonds. The normalized spacial score (nSPS) is 12.7. The largest absolute Gasteiger partial charge is 0.461 e. The van der Waals surface area contributed by atoms with E-state index in [-0.39, 0.29) is 11.0 Å². The highest BCUT2D eigenvalue weighted by Gasteiger charge is 2.61. The maximum atomic E-state index is 13.4. The Morgan fingerprint density at radius 1 is 1.04 bits per heavy atom. The first-order valence-electron chi connectivity index (χ1n) is 6.20. The summed E-state index contributed by atoms with van der Waals surface area (Å²) in [7, 11) is 0. The topological polar surface area (TPSA) is 63.6 Å². The van der Waals surface area contributed by atoms with Crippen molar-refractivity contribution in [3.05, 3.63) is 52.7 Å². The van der Waals surface area contributed by atoms with Gasteiger partial charge in [-0.1, -0.05) is 18.2 Å². The third kappa shape index (κ3) is 2.35. The third-order valence-corrected chi connectivity index (χ3v) is 3.09. The molecule has 2 aromatic heterocycles. The van der Waals surface area contributed by atoms with Crippen LogP contribution in [0.2, 0.25) is 0 Å². The molecule has 10 heteroatoms. The van der Waals surface area contributed by atoms with Crippen LogP contribution in [0.5, 0.6) is 0 Å². The van der Waals surface area contributed by atoms with Crippen molar-refractivity contribution < 1.29 is 22.0 Å². The number of alkyl halides is 5. The molecule has 3 aromatic rings. The fraction of sp³-hybridized carbons (Fsp3) is 0.154. The van der Waals surface area contributed by atoms with Gasteiger partial charge in [-0.25, -0.2) is 9.67 Å². The van der Waals surface area contributed by atoms with Gasteiger partial charge < -0.3 is 4.98 Å². The Kier molecular flexibility index (Phi) is 3.20. The number of para-hydroxylation sites is 1. The summed E-state index contributed by atoms with van der Waals surface area (Å²) in [4.78, 5) is 16.5. The van der Waals surface area contributed by atoms with E-state index in [4.69, 9.17) is 0 Å². The molecule has 0 aliphatic heterocycles. The van der Waals surface area contributed by atoms with E-state index in [1.165, 1.54) is 17.1 Å². The molecule has 0 atom stereocenters. The van der Waals surface area contributed by atoms with Crippen LogP contribution in [0.15, 0.2) is 41.3 Å². The number of hydrogen-bond acceptors (Lipinski definition) is 3.